The van der Waals surface area contributed by atoms with Crippen molar-refractivity contribution in [3.05, 3.63) is 72.1 Å². The molecule has 0 aliphatic carbocycles. The molecule has 0 saturated carbocycles. The van der Waals surface area contributed by atoms with Crippen molar-refractivity contribution in [3.8, 4) is 5.69 Å². The number of aromatic nitrogens is 2. The minimum absolute atomic E-state index is 0.110. The number of hydrogen-bond acceptors (Lipinski definition) is 4. The number of amides is 1. The number of benzene rings is 2. The molecule has 7 nitrogen and oxygen atoms in total. The molecular weight excluding hydrogens is 364 g/mol. The molecule has 0 saturated heterocycles. The lowest BCUT2D eigenvalue weighted by molar-refractivity contribution is -0.114. The molecule has 0 unspecified atom stereocenters. The van der Waals surface area contributed by atoms with Gasteiger partial charge in [-0.25, -0.2) is 17.8 Å². The predicted molar refractivity (Wildman–Crippen MR) is 103 cm³/mol. The van der Waals surface area contributed by atoms with Crippen molar-refractivity contribution in [2.24, 2.45) is 0 Å². The maximum absolute atomic E-state index is 12.7. The number of anilines is 1. The number of carbonyl (C=O) groups excluding carboxylic acids is 1. The first-order valence-electron chi connectivity index (χ1n) is 8.32. The predicted octanol–water partition coefficient (Wildman–Crippen LogP) is 2.62. The quantitative estimate of drug-likeness (QED) is 0.683. The van der Waals surface area contributed by atoms with Crippen molar-refractivity contribution >= 4 is 21.6 Å². The van der Waals surface area contributed by atoms with E-state index in [0.717, 1.165) is 11.3 Å². The first-order valence-corrected chi connectivity index (χ1v) is 9.80. The summed E-state index contributed by atoms with van der Waals surface area (Å²) < 4.78 is 29.7. The summed E-state index contributed by atoms with van der Waals surface area (Å²) in [5.74, 6) is -0.261. The van der Waals surface area contributed by atoms with Gasteiger partial charge in [0.15, 0.2) is 0 Å². The van der Waals surface area contributed by atoms with Crippen LogP contribution in [0.3, 0.4) is 0 Å². The summed E-state index contributed by atoms with van der Waals surface area (Å²) in [5, 5.41) is 6.85. The van der Waals surface area contributed by atoms with E-state index in [2.05, 4.69) is 15.1 Å². The van der Waals surface area contributed by atoms with Crippen LogP contribution in [0.15, 0.2) is 65.8 Å². The van der Waals surface area contributed by atoms with Crippen molar-refractivity contribution in [1.29, 1.82) is 0 Å². The highest BCUT2D eigenvalue weighted by Crippen LogP contribution is 2.20. The maximum atomic E-state index is 12.7. The highest BCUT2D eigenvalue weighted by molar-refractivity contribution is 7.89. The van der Waals surface area contributed by atoms with Crippen LogP contribution < -0.4 is 10.0 Å². The van der Waals surface area contributed by atoms with Crippen LogP contribution in [0.25, 0.3) is 5.69 Å². The number of sulfonamides is 1. The molecule has 140 valence electrons. The Kier molecular flexibility index (Phi) is 5.38. The lowest BCUT2D eigenvalue weighted by Crippen LogP contribution is -2.24. The summed E-state index contributed by atoms with van der Waals surface area (Å²) in [5.41, 5.74) is 2.66. The molecule has 1 amide bonds. The van der Waals surface area contributed by atoms with Gasteiger partial charge >= 0.3 is 0 Å². The summed E-state index contributed by atoms with van der Waals surface area (Å²) in [4.78, 5) is 11.3. The lowest BCUT2D eigenvalue weighted by Gasteiger charge is -2.11. The second-order valence-electron chi connectivity index (χ2n) is 6.11. The number of nitrogens with one attached hydrogen (secondary N) is 2. The molecular formula is C19H20N4O3S. The molecule has 1 heterocycles. The number of para-hydroxylation sites is 1. The SMILES string of the molecule is CC(=O)Nc1ccc(C)c(S(=O)(=O)NCc2cnn(-c3ccccc3)c2)c1. The molecule has 2 aromatic carbocycles. The summed E-state index contributed by atoms with van der Waals surface area (Å²) in [6.07, 6.45) is 3.40. The van der Waals surface area contributed by atoms with E-state index in [4.69, 9.17) is 0 Å². The van der Waals surface area contributed by atoms with Gasteiger partial charge in [-0.05, 0) is 36.8 Å². The normalized spacial score (nSPS) is 11.3. The zero-order valence-corrected chi connectivity index (χ0v) is 15.8. The monoisotopic (exact) mass is 384 g/mol. The Bertz CT molecular complexity index is 1060. The van der Waals surface area contributed by atoms with E-state index < -0.39 is 10.0 Å². The number of nitrogens with zero attached hydrogens (tertiary/aromatic N) is 2. The van der Waals surface area contributed by atoms with E-state index >= 15 is 0 Å². The fraction of sp³-hybridized carbons (Fsp3) is 0.158. The molecule has 27 heavy (non-hydrogen) atoms. The Hall–Kier alpha value is -2.97. The minimum Gasteiger partial charge on any atom is -0.326 e. The molecule has 0 bridgehead atoms. The Balaban J connectivity index is 1.76. The number of carbonyl (C=O) groups is 1. The topological polar surface area (TPSA) is 93.1 Å². The lowest BCUT2D eigenvalue weighted by atomic mass is 10.2. The van der Waals surface area contributed by atoms with Gasteiger partial charge in [-0.1, -0.05) is 24.3 Å². The van der Waals surface area contributed by atoms with Crippen molar-refractivity contribution < 1.29 is 13.2 Å². The van der Waals surface area contributed by atoms with Crippen LogP contribution in [0.1, 0.15) is 18.1 Å². The third kappa shape index (κ3) is 4.60. The zero-order chi connectivity index (χ0) is 19.4. The Morgan fingerprint density at radius 1 is 1.15 bits per heavy atom. The minimum atomic E-state index is -3.74. The average Bonchev–Trinajstić information content (AvgIpc) is 3.11. The largest absolute Gasteiger partial charge is 0.326 e. The fourth-order valence-electron chi connectivity index (χ4n) is 2.60. The second-order valence-corrected chi connectivity index (χ2v) is 7.85. The Labute approximate surface area is 158 Å². The molecule has 8 heteroatoms. The average molecular weight is 384 g/mol. The van der Waals surface area contributed by atoms with Gasteiger partial charge in [0.1, 0.15) is 0 Å². The standard InChI is InChI=1S/C19H20N4O3S/c1-14-8-9-17(22-15(2)24)10-19(14)27(25,26)21-12-16-11-20-23(13-16)18-6-4-3-5-7-18/h3-11,13,21H,12H2,1-2H3,(H,22,24). The maximum Gasteiger partial charge on any atom is 0.241 e. The number of aryl methyl sites for hydroxylation is 1. The van der Waals surface area contributed by atoms with Crippen LogP contribution in [0.4, 0.5) is 5.69 Å². The molecule has 3 rings (SSSR count). The highest BCUT2D eigenvalue weighted by atomic mass is 32.2. The molecule has 2 N–H and O–H groups in total. The van der Waals surface area contributed by atoms with Gasteiger partial charge < -0.3 is 5.32 Å². The van der Waals surface area contributed by atoms with E-state index in [1.54, 1.807) is 36.1 Å². The summed E-state index contributed by atoms with van der Waals surface area (Å²) in [6, 6.07) is 14.3. The van der Waals surface area contributed by atoms with Gasteiger partial charge in [-0.2, -0.15) is 5.10 Å². The molecule has 1 aromatic heterocycles. The van der Waals surface area contributed by atoms with Crippen LogP contribution in [-0.4, -0.2) is 24.1 Å². The summed E-state index contributed by atoms with van der Waals surface area (Å²) in [6.45, 7) is 3.19. The van der Waals surface area contributed by atoms with Crippen molar-refractivity contribution in [2.45, 2.75) is 25.3 Å². The van der Waals surface area contributed by atoms with Crippen molar-refractivity contribution in [3.63, 3.8) is 0 Å². The summed E-state index contributed by atoms with van der Waals surface area (Å²) in [7, 11) is -3.74. The van der Waals surface area contributed by atoms with Gasteiger partial charge in [0, 0.05) is 30.9 Å². The van der Waals surface area contributed by atoms with E-state index in [1.807, 2.05) is 30.3 Å². The Morgan fingerprint density at radius 2 is 1.89 bits per heavy atom. The molecule has 0 fully saturated rings. The molecule has 0 spiro atoms. The fourth-order valence-corrected chi connectivity index (χ4v) is 3.89. The molecule has 0 radical (unpaired) electrons. The van der Waals surface area contributed by atoms with Crippen molar-refractivity contribution in [1.82, 2.24) is 14.5 Å². The van der Waals surface area contributed by atoms with Gasteiger partial charge in [-0.15, -0.1) is 0 Å². The first kappa shape index (κ1) is 18.8. The molecule has 0 atom stereocenters. The van der Waals surface area contributed by atoms with Gasteiger partial charge in [0.05, 0.1) is 16.8 Å². The first-order chi connectivity index (χ1) is 12.8. The molecule has 0 aliphatic rings. The number of hydrogen-bond donors (Lipinski definition) is 2. The van der Waals surface area contributed by atoms with E-state index in [0.29, 0.717) is 11.3 Å². The van der Waals surface area contributed by atoms with Crippen LogP contribution >= 0.6 is 0 Å². The van der Waals surface area contributed by atoms with E-state index in [9.17, 15) is 13.2 Å². The van der Waals surface area contributed by atoms with Crippen LogP contribution in [-0.2, 0) is 21.4 Å². The third-order valence-corrected chi connectivity index (χ3v) is 5.46. The molecule has 3 aromatic rings. The van der Waals surface area contributed by atoms with Crippen LogP contribution in [0, 0.1) is 6.92 Å². The smallest absolute Gasteiger partial charge is 0.241 e. The second kappa shape index (κ2) is 7.73. The highest BCUT2D eigenvalue weighted by Gasteiger charge is 2.18. The Morgan fingerprint density at radius 3 is 2.59 bits per heavy atom. The van der Waals surface area contributed by atoms with Crippen molar-refractivity contribution in [2.75, 3.05) is 5.32 Å². The third-order valence-electron chi connectivity index (χ3n) is 3.92. The van der Waals surface area contributed by atoms with E-state index in [1.165, 1.54) is 13.0 Å². The summed E-state index contributed by atoms with van der Waals surface area (Å²) >= 11 is 0. The van der Waals surface area contributed by atoms with Gasteiger partial charge in [0.25, 0.3) is 0 Å². The molecule has 0 aliphatic heterocycles. The zero-order valence-electron chi connectivity index (χ0n) is 15.0. The van der Waals surface area contributed by atoms with Gasteiger partial charge in [0.2, 0.25) is 15.9 Å². The number of rotatable bonds is 6. The van der Waals surface area contributed by atoms with Crippen LogP contribution in [0.5, 0.6) is 0 Å². The van der Waals surface area contributed by atoms with Gasteiger partial charge in [-0.3, -0.25) is 4.79 Å². The van der Waals surface area contributed by atoms with Crippen LogP contribution in [0.2, 0.25) is 0 Å². The van der Waals surface area contributed by atoms with E-state index in [-0.39, 0.29) is 17.3 Å².